The van der Waals surface area contributed by atoms with Crippen LogP contribution in [0.15, 0.2) is 71.3 Å². The van der Waals surface area contributed by atoms with Crippen molar-refractivity contribution in [2.45, 2.75) is 20.0 Å². The van der Waals surface area contributed by atoms with E-state index in [4.69, 9.17) is 9.40 Å². The van der Waals surface area contributed by atoms with E-state index in [1.807, 2.05) is 24.3 Å². The van der Waals surface area contributed by atoms with Gasteiger partial charge < -0.3 is 19.6 Å². The first-order valence-electron chi connectivity index (χ1n) is 9.27. The van der Waals surface area contributed by atoms with Gasteiger partial charge in [0.25, 0.3) is 0 Å². The zero-order valence-electron chi connectivity index (χ0n) is 15.7. The van der Waals surface area contributed by atoms with Crippen LogP contribution in [0.3, 0.4) is 0 Å². The van der Waals surface area contributed by atoms with Crippen LogP contribution < -0.4 is 10.6 Å². The van der Waals surface area contributed by atoms with Crippen molar-refractivity contribution in [2.24, 2.45) is 0 Å². The van der Waals surface area contributed by atoms with Crippen LogP contribution >= 0.6 is 0 Å². The quantitative estimate of drug-likeness (QED) is 0.534. The van der Waals surface area contributed by atoms with Crippen LogP contribution in [0.4, 0.5) is 4.79 Å². The fourth-order valence-electron chi connectivity index (χ4n) is 3.15. The Balaban J connectivity index is 1.47. The molecule has 0 atom stereocenters. The van der Waals surface area contributed by atoms with Crippen molar-refractivity contribution in [3.8, 4) is 11.4 Å². The van der Waals surface area contributed by atoms with Crippen molar-refractivity contribution in [1.82, 2.24) is 20.2 Å². The molecule has 0 aliphatic heterocycles. The first-order valence-corrected chi connectivity index (χ1v) is 9.27. The third-order valence-corrected chi connectivity index (χ3v) is 4.59. The molecule has 0 saturated heterocycles. The number of furan rings is 1. The van der Waals surface area contributed by atoms with E-state index in [0.717, 1.165) is 28.2 Å². The summed E-state index contributed by atoms with van der Waals surface area (Å²) in [5.41, 5.74) is 4.27. The van der Waals surface area contributed by atoms with Gasteiger partial charge >= 0.3 is 6.03 Å². The molecule has 0 unspecified atom stereocenters. The highest BCUT2D eigenvalue weighted by Crippen LogP contribution is 2.24. The molecule has 4 rings (SSSR count). The van der Waals surface area contributed by atoms with Crippen LogP contribution in [0.1, 0.15) is 11.3 Å². The summed E-state index contributed by atoms with van der Waals surface area (Å²) >= 11 is 0. The van der Waals surface area contributed by atoms with Gasteiger partial charge in [0.15, 0.2) is 0 Å². The average Bonchev–Trinajstić information content (AvgIpc) is 3.35. The molecule has 0 spiro atoms. The first kappa shape index (κ1) is 17.9. The largest absolute Gasteiger partial charge is 0.467 e. The number of nitrogens with one attached hydrogen (secondary N) is 2. The zero-order chi connectivity index (χ0) is 19.3. The van der Waals surface area contributed by atoms with Crippen LogP contribution in [0.2, 0.25) is 0 Å². The molecule has 6 nitrogen and oxygen atoms in total. The molecule has 0 aliphatic carbocycles. The maximum atomic E-state index is 12.0. The summed E-state index contributed by atoms with van der Waals surface area (Å²) in [6.07, 6.45) is 1.59. The van der Waals surface area contributed by atoms with E-state index in [-0.39, 0.29) is 6.03 Å². The Hall–Kier alpha value is -3.54. The van der Waals surface area contributed by atoms with E-state index in [1.54, 1.807) is 12.3 Å². The highest BCUT2D eigenvalue weighted by molar-refractivity contribution is 5.80. The first-order chi connectivity index (χ1) is 13.7. The second kappa shape index (κ2) is 8.00. The van der Waals surface area contributed by atoms with Crippen LogP contribution in [0, 0.1) is 6.92 Å². The molecular weight excluding hydrogens is 352 g/mol. The fourth-order valence-corrected chi connectivity index (χ4v) is 3.15. The molecule has 2 amide bonds. The van der Waals surface area contributed by atoms with Gasteiger partial charge in [0, 0.05) is 18.7 Å². The normalized spacial score (nSPS) is 10.9. The number of urea groups is 1. The van der Waals surface area contributed by atoms with Gasteiger partial charge in [-0.15, -0.1) is 0 Å². The van der Waals surface area contributed by atoms with Crippen molar-refractivity contribution >= 4 is 17.1 Å². The summed E-state index contributed by atoms with van der Waals surface area (Å²) in [4.78, 5) is 16.8. The lowest BCUT2D eigenvalue weighted by Gasteiger charge is -2.11. The summed E-state index contributed by atoms with van der Waals surface area (Å²) in [7, 11) is 0. The van der Waals surface area contributed by atoms with Crippen LogP contribution in [0.5, 0.6) is 0 Å². The SMILES string of the molecule is Cc1ccc(-c2nc3ccccc3n2CCNC(=O)NCc2ccco2)cc1. The number of imidazole rings is 1. The number of fused-ring (bicyclic) bond motifs is 1. The number of para-hydroxylation sites is 2. The highest BCUT2D eigenvalue weighted by Gasteiger charge is 2.12. The minimum absolute atomic E-state index is 0.224. The van der Waals surface area contributed by atoms with Gasteiger partial charge in [0.05, 0.1) is 23.8 Å². The van der Waals surface area contributed by atoms with Gasteiger partial charge in [0.1, 0.15) is 11.6 Å². The van der Waals surface area contributed by atoms with Crippen LogP contribution in [0.25, 0.3) is 22.4 Å². The number of rotatable bonds is 6. The van der Waals surface area contributed by atoms with Crippen molar-refractivity contribution in [3.63, 3.8) is 0 Å². The van der Waals surface area contributed by atoms with Gasteiger partial charge in [-0.25, -0.2) is 9.78 Å². The number of carbonyl (C=O) groups is 1. The number of hydrogen-bond acceptors (Lipinski definition) is 3. The lowest BCUT2D eigenvalue weighted by atomic mass is 10.1. The maximum Gasteiger partial charge on any atom is 0.315 e. The standard InChI is InChI=1S/C22H22N4O2/c1-16-8-10-17(11-9-16)21-25-19-6-2-3-7-20(19)26(21)13-12-23-22(27)24-15-18-5-4-14-28-18/h2-11,14H,12-13,15H2,1H3,(H2,23,24,27). The second-order valence-electron chi connectivity index (χ2n) is 6.63. The number of nitrogens with zero attached hydrogens (tertiary/aromatic N) is 2. The van der Waals surface area contributed by atoms with E-state index < -0.39 is 0 Å². The topological polar surface area (TPSA) is 72.1 Å². The predicted octanol–water partition coefficient (Wildman–Crippen LogP) is 4.10. The summed E-state index contributed by atoms with van der Waals surface area (Å²) in [6, 6.07) is 19.8. The summed E-state index contributed by atoms with van der Waals surface area (Å²) < 4.78 is 7.36. The Bertz CT molecular complexity index is 1070. The number of aryl methyl sites for hydroxylation is 1. The lowest BCUT2D eigenvalue weighted by Crippen LogP contribution is -2.36. The Labute approximate surface area is 163 Å². The van der Waals surface area contributed by atoms with Crippen molar-refractivity contribution < 1.29 is 9.21 Å². The number of carbonyl (C=O) groups excluding carboxylic acids is 1. The molecule has 2 heterocycles. The molecule has 6 heteroatoms. The van der Waals surface area contributed by atoms with Gasteiger partial charge in [-0.2, -0.15) is 0 Å². The van der Waals surface area contributed by atoms with Gasteiger partial charge in [-0.1, -0.05) is 42.0 Å². The number of aromatic nitrogens is 2. The Morgan fingerprint density at radius 2 is 1.86 bits per heavy atom. The number of benzene rings is 2. The molecule has 0 saturated carbocycles. The Kier molecular flexibility index (Phi) is 5.10. The van der Waals surface area contributed by atoms with E-state index in [2.05, 4.69) is 52.5 Å². The fraction of sp³-hybridized carbons (Fsp3) is 0.182. The molecular formula is C22H22N4O2. The third kappa shape index (κ3) is 3.91. The molecule has 0 aliphatic rings. The van der Waals surface area contributed by atoms with E-state index >= 15 is 0 Å². The van der Waals surface area contributed by atoms with E-state index in [9.17, 15) is 4.79 Å². The molecule has 142 valence electrons. The predicted molar refractivity (Wildman–Crippen MR) is 109 cm³/mol. The van der Waals surface area contributed by atoms with Crippen LogP contribution in [-0.2, 0) is 13.1 Å². The van der Waals surface area contributed by atoms with Crippen molar-refractivity contribution in [1.29, 1.82) is 0 Å². The Morgan fingerprint density at radius 3 is 2.64 bits per heavy atom. The second-order valence-corrected chi connectivity index (χ2v) is 6.63. The molecule has 0 bridgehead atoms. The molecule has 4 aromatic rings. The average molecular weight is 374 g/mol. The van der Waals surface area contributed by atoms with Crippen LogP contribution in [-0.4, -0.2) is 22.1 Å². The van der Waals surface area contributed by atoms with E-state index in [1.165, 1.54) is 5.56 Å². The molecule has 0 radical (unpaired) electrons. The lowest BCUT2D eigenvalue weighted by molar-refractivity contribution is 0.239. The van der Waals surface area contributed by atoms with Gasteiger partial charge in [0.2, 0.25) is 0 Å². The molecule has 2 N–H and O–H groups in total. The van der Waals surface area contributed by atoms with Gasteiger partial charge in [-0.05, 0) is 31.2 Å². The summed E-state index contributed by atoms with van der Waals surface area (Å²) in [6.45, 7) is 3.54. The van der Waals surface area contributed by atoms with Crippen molar-refractivity contribution in [3.05, 3.63) is 78.3 Å². The number of hydrogen-bond donors (Lipinski definition) is 2. The minimum Gasteiger partial charge on any atom is -0.467 e. The van der Waals surface area contributed by atoms with Crippen molar-refractivity contribution in [2.75, 3.05) is 6.54 Å². The Morgan fingerprint density at radius 1 is 1.04 bits per heavy atom. The maximum absolute atomic E-state index is 12.0. The molecule has 2 aromatic carbocycles. The summed E-state index contributed by atoms with van der Waals surface area (Å²) in [5.74, 6) is 1.62. The smallest absolute Gasteiger partial charge is 0.315 e. The number of amides is 2. The third-order valence-electron chi connectivity index (χ3n) is 4.59. The van der Waals surface area contributed by atoms with Gasteiger partial charge in [-0.3, -0.25) is 0 Å². The molecule has 28 heavy (non-hydrogen) atoms. The molecule has 0 fully saturated rings. The summed E-state index contributed by atoms with van der Waals surface area (Å²) in [5, 5.41) is 5.68. The van der Waals surface area contributed by atoms with E-state index in [0.29, 0.717) is 19.6 Å². The minimum atomic E-state index is -0.224. The monoisotopic (exact) mass is 374 g/mol. The highest BCUT2D eigenvalue weighted by atomic mass is 16.3. The zero-order valence-corrected chi connectivity index (χ0v) is 15.7. The molecule has 2 aromatic heterocycles.